The summed E-state index contributed by atoms with van der Waals surface area (Å²) in [6, 6.07) is 0. The van der Waals surface area contributed by atoms with Crippen molar-refractivity contribution in [2.24, 2.45) is 11.8 Å². The van der Waals surface area contributed by atoms with Gasteiger partial charge in [0.2, 0.25) is 0 Å². The predicted molar refractivity (Wildman–Crippen MR) is 241 cm³/mol. The first-order chi connectivity index (χ1) is 30.6. The molecule has 0 spiro atoms. The van der Waals surface area contributed by atoms with Gasteiger partial charge in [-0.1, -0.05) is 147 Å². The maximum atomic E-state index is 13.7. The first kappa shape index (κ1) is 58.0. The number of aliphatic hydroxyl groups excluding tert-OH is 7. The van der Waals surface area contributed by atoms with Crippen molar-refractivity contribution < 1.29 is 78.1 Å². The topological polar surface area (TPSA) is 267 Å². The fraction of sp³-hybridized carbons (Fsp3) is 0.851. The second kappa shape index (κ2) is 33.4. The molecule has 12 atom stereocenters. The van der Waals surface area contributed by atoms with Crippen molar-refractivity contribution in [2.75, 3.05) is 13.2 Å². The monoisotopic (exact) mass is 935 g/mol. The highest BCUT2D eigenvalue weighted by Gasteiger charge is 2.49. The summed E-state index contributed by atoms with van der Waals surface area (Å²) < 4.78 is 34.7. The van der Waals surface area contributed by atoms with E-state index in [1.165, 1.54) is 70.3 Å². The Morgan fingerprint density at radius 3 is 1.94 bits per heavy atom. The van der Waals surface area contributed by atoms with Crippen LogP contribution in [-0.4, -0.2) is 127 Å². The summed E-state index contributed by atoms with van der Waals surface area (Å²) in [7, 11) is -5.46. The van der Waals surface area contributed by atoms with E-state index in [-0.39, 0.29) is 19.3 Å². The molecule has 372 valence electrons. The molecule has 2 rings (SSSR count). The lowest BCUT2D eigenvalue weighted by Gasteiger charge is -2.36. The van der Waals surface area contributed by atoms with Crippen LogP contribution in [-0.2, 0) is 37.5 Å². The van der Waals surface area contributed by atoms with Gasteiger partial charge in [0.25, 0.3) is 0 Å². The van der Waals surface area contributed by atoms with Crippen LogP contribution in [0.25, 0.3) is 0 Å². The van der Waals surface area contributed by atoms with Gasteiger partial charge in [0.05, 0.1) is 36.9 Å². The van der Waals surface area contributed by atoms with E-state index in [1.54, 1.807) is 12.2 Å². The number of phosphoric ester groups is 1. The molecule has 0 aromatic carbocycles. The molecule has 0 saturated heterocycles. The second-order valence-corrected chi connectivity index (χ2v) is 19.2. The van der Waals surface area contributed by atoms with Gasteiger partial charge in [0, 0.05) is 25.2 Å². The molecular formula is C47H83O16P. The van der Waals surface area contributed by atoms with Crippen molar-refractivity contribution in [1.82, 2.24) is 0 Å². The zero-order valence-corrected chi connectivity index (χ0v) is 39.4. The van der Waals surface area contributed by atoms with E-state index >= 15 is 0 Å². The number of carbonyl (C=O) groups excluding carboxylic acids is 3. The van der Waals surface area contributed by atoms with Gasteiger partial charge in [-0.3, -0.25) is 23.4 Å². The number of carbonyl (C=O) groups is 3. The number of fused-ring (bicyclic) bond motifs is 4. The van der Waals surface area contributed by atoms with Crippen LogP contribution in [0, 0.1) is 11.8 Å². The molecule has 0 amide bonds. The average molecular weight is 935 g/mol. The summed E-state index contributed by atoms with van der Waals surface area (Å²) in [5.74, 6) is -5.14. The maximum Gasteiger partial charge on any atom is 0.472 e. The van der Waals surface area contributed by atoms with Crippen molar-refractivity contribution in [3.05, 3.63) is 24.3 Å². The third kappa shape index (κ3) is 23.6. The number of allylic oxidation sites excluding steroid dienone is 2. The third-order valence-corrected chi connectivity index (χ3v) is 13.2. The molecule has 1 aliphatic heterocycles. The molecule has 8 N–H and O–H groups in total. The van der Waals surface area contributed by atoms with Gasteiger partial charge in [-0.05, 0) is 32.1 Å². The smallest absolute Gasteiger partial charge is 0.462 e. The SMILES string of the molecule is CCCCCCCCCCCCCCCCCC(=O)O[C@@H]1COC(=O)CCC/C=C\C[C@@H]2[C@@H](O)[C@H](O)[C@@H](O)[C@H](OP(=O)(O)OC1)[C@H](O)[C@H](O)[C@@H](/C=C/[C@@H](O)CCCCC)C(=O)C[C@@H]2O. The number of ether oxygens (including phenoxy) is 2. The summed E-state index contributed by atoms with van der Waals surface area (Å²) in [5.41, 5.74) is 0. The largest absolute Gasteiger partial charge is 0.472 e. The number of phosphoric acid groups is 1. The Bertz CT molecular complexity index is 1390. The number of aliphatic hydroxyl groups is 7. The minimum atomic E-state index is -5.46. The van der Waals surface area contributed by atoms with Gasteiger partial charge in [0.1, 0.15) is 36.8 Å². The maximum absolute atomic E-state index is 13.7. The van der Waals surface area contributed by atoms with Gasteiger partial charge in [-0.15, -0.1) is 0 Å². The molecular weight excluding hydrogens is 851 g/mol. The summed E-state index contributed by atoms with van der Waals surface area (Å²) >= 11 is 0. The van der Waals surface area contributed by atoms with Gasteiger partial charge in [0.15, 0.2) is 6.10 Å². The van der Waals surface area contributed by atoms with E-state index < -0.39 is 112 Å². The van der Waals surface area contributed by atoms with E-state index in [4.69, 9.17) is 18.5 Å². The van der Waals surface area contributed by atoms with Crippen molar-refractivity contribution in [3.8, 4) is 0 Å². The van der Waals surface area contributed by atoms with Crippen molar-refractivity contribution in [1.29, 1.82) is 0 Å². The summed E-state index contributed by atoms with van der Waals surface area (Å²) in [4.78, 5) is 50.1. The number of ketones is 1. The van der Waals surface area contributed by atoms with Crippen LogP contribution >= 0.6 is 7.82 Å². The van der Waals surface area contributed by atoms with Gasteiger partial charge in [-0.25, -0.2) is 4.57 Å². The van der Waals surface area contributed by atoms with E-state index in [0.717, 1.165) is 44.6 Å². The molecule has 1 unspecified atom stereocenters. The Labute approximate surface area is 381 Å². The van der Waals surface area contributed by atoms with Crippen LogP contribution < -0.4 is 0 Å². The first-order valence-electron chi connectivity index (χ1n) is 24.2. The van der Waals surface area contributed by atoms with E-state index in [2.05, 4.69) is 6.92 Å². The lowest BCUT2D eigenvalue weighted by Crippen LogP contribution is -2.55. The summed E-state index contributed by atoms with van der Waals surface area (Å²) in [6.45, 7) is 2.80. The van der Waals surface area contributed by atoms with Crippen LogP contribution in [0.4, 0.5) is 0 Å². The van der Waals surface area contributed by atoms with Crippen LogP contribution in [0.2, 0.25) is 0 Å². The first-order valence-corrected chi connectivity index (χ1v) is 25.7. The van der Waals surface area contributed by atoms with Crippen LogP contribution in [0.5, 0.6) is 0 Å². The Morgan fingerprint density at radius 1 is 0.766 bits per heavy atom. The Morgan fingerprint density at radius 2 is 1.33 bits per heavy atom. The predicted octanol–water partition coefficient (Wildman–Crippen LogP) is 6.20. The number of Topliss-reactive ketones (excluding diaryl/α,β-unsaturated/α-hetero) is 1. The highest BCUT2D eigenvalue weighted by Crippen LogP contribution is 2.47. The Balaban J connectivity index is 2.19. The Kier molecular flexibility index (Phi) is 30.3. The molecule has 16 nitrogen and oxygen atoms in total. The highest BCUT2D eigenvalue weighted by atomic mass is 31.2. The molecule has 1 heterocycles. The summed E-state index contributed by atoms with van der Waals surface area (Å²) in [6.07, 6.45) is 7.50. The van der Waals surface area contributed by atoms with Crippen molar-refractivity contribution in [2.45, 2.75) is 229 Å². The third-order valence-electron chi connectivity index (χ3n) is 12.2. The quantitative estimate of drug-likeness (QED) is 0.0245. The molecule has 17 heteroatoms. The molecule has 2 aliphatic rings. The summed E-state index contributed by atoms with van der Waals surface area (Å²) in [5, 5.41) is 78.5. The standard InChI is InChI=1S/C47H83O16P/c1-3-5-7-8-9-10-11-12-13-14-15-16-17-18-24-28-41(52)62-35-32-60-40(51)27-23-20-19-22-26-36-38(49)31-39(50)37(30-29-34(48)25-21-6-4-2)43(54)45(56)47(46(57)44(55)42(36)53)63-64(58,59)61-33-35/h19,22,29-30,34-38,42-49,53-57H,3-18,20-21,23-28,31-33H2,1-2H3,(H,58,59)/b22-19-,30-29+/t34-,35+,36-,37-,38-,42+,43+,44-,45+,46+,47+/m0/s1. The molecule has 1 fully saturated rings. The second-order valence-electron chi connectivity index (χ2n) is 17.8. The number of esters is 2. The number of cyclic esters (lactones) is 1. The number of rotatable bonds is 23. The molecule has 0 aromatic rings. The van der Waals surface area contributed by atoms with Crippen LogP contribution in [0.1, 0.15) is 174 Å². The lowest BCUT2D eigenvalue weighted by molar-refractivity contribution is -0.166. The minimum absolute atomic E-state index is 0.0284. The minimum Gasteiger partial charge on any atom is -0.462 e. The zero-order chi connectivity index (χ0) is 47.3. The lowest BCUT2D eigenvalue weighted by atomic mass is 9.83. The molecule has 2 bridgehead atoms. The Hall–Kier alpha value is -2.08. The van der Waals surface area contributed by atoms with Crippen LogP contribution in [0.15, 0.2) is 24.3 Å². The molecule has 64 heavy (non-hydrogen) atoms. The molecule has 0 aromatic heterocycles. The molecule has 1 saturated carbocycles. The number of hydrogen-bond acceptors (Lipinski definition) is 15. The zero-order valence-electron chi connectivity index (χ0n) is 38.5. The number of hydrogen-bond donors (Lipinski definition) is 8. The van der Waals surface area contributed by atoms with E-state index in [0.29, 0.717) is 32.1 Å². The average Bonchev–Trinajstić information content (AvgIpc) is 3.26. The molecule has 0 radical (unpaired) electrons. The van der Waals surface area contributed by atoms with Crippen molar-refractivity contribution in [3.63, 3.8) is 0 Å². The van der Waals surface area contributed by atoms with E-state index in [9.17, 15) is 59.6 Å². The number of unbranched alkanes of at least 4 members (excludes halogenated alkanes) is 16. The highest BCUT2D eigenvalue weighted by molar-refractivity contribution is 7.47. The van der Waals surface area contributed by atoms with Crippen LogP contribution in [0.3, 0.4) is 0 Å². The van der Waals surface area contributed by atoms with E-state index in [1.807, 2.05) is 6.92 Å². The fourth-order valence-corrected chi connectivity index (χ4v) is 9.09. The van der Waals surface area contributed by atoms with Gasteiger partial charge >= 0.3 is 19.8 Å². The van der Waals surface area contributed by atoms with Crippen molar-refractivity contribution >= 4 is 25.5 Å². The molecule has 1 aliphatic carbocycles. The normalized spacial score (nSPS) is 31.7. The van der Waals surface area contributed by atoms with Gasteiger partial charge < -0.3 is 50.1 Å². The fourth-order valence-electron chi connectivity index (χ4n) is 8.12. The van der Waals surface area contributed by atoms with Gasteiger partial charge in [-0.2, -0.15) is 0 Å².